The van der Waals surface area contributed by atoms with Crippen LogP contribution in [0.5, 0.6) is 5.75 Å². The fourth-order valence-corrected chi connectivity index (χ4v) is 4.57. The van der Waals surface area contributed by atoms with Crippen molar-refractivity contribution in [3.63, 3.8) is 0 Å². The molecule has 0 aliphatic rings. The van der Waals surface area contributed by atoms with E-state index in [1.165, 1.54) is 18.5 Å². The average molecular weight is 413 g/mol. The van der Waals surface area contributed by atoms with E-state index in [1.807, 2.05) is 18.3 Å². The van der Waals surface area contributed by atoms with Gasteiger partial charge in [-0.3, -0.25) is 0 Å². The van der Waals surface area contributed by atoms with Gasteiger partial charge in [0.05, 0.1) is 0 Å². The maximum atomic E-state index is 5.17. The standard InChI is InChI=1S/C17H19NOSTe/c1-19-15-7-9-16(10-8-15)21-12-11-18-13-14-5-3-4-6-17(14)20-2/h3-10,13H,11-12H2,1-2H3. The summed E-state index contributed by atoms with van der Waals surface area (Å²) in [6.07, 6.45) is 4.11. The van der Waals surface area contributed by atoms with Gasteiger partial charge >= 0.3 is 141 Å². The van der Waals surface area contributed by atoms with Gasteiger partial charge in [-0.2, -0.15) is 0 Å². The number of hydrogen-bond donors (Lipinski definition) is 0. The van der Waals surface area contributed by atoms with Crippen molar-refractivity contribution in [2.24, 2.45) is 4.99 Å². The summed E-state index contributed by atoms with van der Waals surface area (Å²) in [7, 11) is 1.70. The van der Waals surface area contributed by atoms with Gasteiger partial charge in [-0.05, 0) is 0 Å². The van der Waals surface area contributed by atoms with Gasteiger partial charge in [0.15, 0.2) is 0 Å². The molecule has 0 spiro atoms. The van der Waals surface area contributed by atoms with Gasteiger partial charge in [0, 0.05) is 0 Å². The third kappa shape index (κ3) is 5.39. The first-order valence-corrected chi connectivity index (χ1v) is 10.8. The van der Waals surface area contributed by atoms with E-state index in [-0.39, 0.29) is 20.9 Å². The summed E-state index contributed by atoms with van der Waals surface area (Å²) in [4.78, 5) is 5.85. The zero-order valence-corrected chi connectivity index (χ0v) is 15.4. The molecule has 0 fully saturated rings. The van der Waals surface area contributed by atoms with Crippen molar-refractivity contribution >= 4 is 42.5 Å². The third-order valence-electron chi connectivity index (χ3n) is 2.92. The summed E-state index contributed by atoms with van der Waals surface area (Å²) in [6.45, 7) is 0.914. The molecule has 21 heavy (non-hydrogen) atoms. The number of benzene rings is 2. The van der Waals surface area contributed by atoms with Gasteiger partial charge < -0.3 is 0 Å². The number of nitrogens with zero attached hydrogens (tertiary/aromatic N) is 1. The van der Waals surface area contributed by atoms with E-state index in [9.17, 15) is 0 Å². The minimum absolute atomic E-state index is 0.143. The third-order valence-corrected chi connectivity index (χ3v) is 6.56. The van der Waals surface area contributed by atoms with Crippen molar-refractivity contribution in [3.05, 3.63) is 54.1 Å². The summed E-state index contributed by atoms with van der Waals surface area (Å²) in [5.74, 6) is 0.929. The van der Waals surface area contributed by atoms with Gasteiger partial charge in [-0.15, -0.1) is 0 Å². The molecule has 0 N–H and O–H groups in total. The van der Waals surface area contributed by atoms with E-state index in [2.05, 4.69) is 47.6 Å². The molecule has 0 aromatic heterocycles. The Morgan fingerprint density at radius 2 is 1.90 bits per heavy atom. The number of methoxy groups -OCH3 is 1. The quantitative estimate of drug-likeness (QED) is 0.301. The number of aliphatic imine (C=N–C) groups is 1. The second-order valence-corrected chi connectivity index (χ2v) is 8.48. The summed E-state index contributed by atoms with van der Waals surface area (Å²) in [5, 5.41) is 0. The van der Waals surface area contributed by atoms with E-state index < -0.39 is 0 Å². The Balaban J connectivity index is 1.79. The Bertz CT molecular complexity index is 584. The molecule has 0 heterocycles. The molecule has 0 bridgehead atoms. The van der Waals surface area contributed by atoms with Crippen LogP contribution < -0.4 is 8.35 Å². The van der Waals surface area contributed by atoms with Crippen LogP contribution in [0.25, 0.3) is 0 Å². The molecule has 2 nitrogen and oxygen atoms in total. The summed E-state index contributed by atoms with van der Waals surface area (Å²) in [6, 6.07) is 16.8. The van der Waals surface area contributed by atoms with Crippen molar-refractivity contribution in [2.75, 3.05) is 19.9 Å². The molecule has 0 saturated carbocycles. The molecular formula is C17H19NOSTe. The number of hydrogen-bond acceptors (Lipinski definition) is 3. The fraction of sp³-hybridized carbons (Fsp3) is 0.235. The van der Waals surface area contributed by atoms with Crippen LogP contribution in [0.15, 0.2) is 58.4 Å². The van der Waals surface area contributed by atoms with E-state index in [0.717, 1.165) is 12.3 Å². The van der Waals surface area contributed by atoms with Gasteiger partial charge in [0.2, 0.25) is 0 Å². The fourth-order valence-electron chi connectivity index (χ4n) is 1.82. The first kappa shape index (κ1) is 16.4. The van der Waals surface area contributed by atoms with Crippen molar-refractivity contribution in [1.29, 1.82) is 0 Å². The molecule has 2 aromatic carbocycles. The first-order chi connectivity index (χ1) is 10.3. The summed E-state index contributed by atoms with van der Waals surface area (Å²) < 4.78 is 7.82. The molecule has 0 aliphatic heterocycles. The molecule has 0 saturated heterocycles. The average Bonchev–Trinajstić information content (AvgIpc) is 2.55. The molecule has 2 rings (SSSR count). The molecular weight excluding hydrogens is 394 g/mol. The Kier molecular flexibility index (Phi) is 7.15. The second kappa shape index (κ2) is 9.15. The summed E-state index contributed by atoms with van der Waals surface area (Å²) >= 11 is 1.62. The van der Waals surface area contributed by atoms with Crippen LogP contribution in [-0.4, -0.2) is 47.0 Å². The minimum atomic E-state index is -0.143. The first-order valence-electron chi connectivity index (χ1n) is 6.73. The van der Waals surface area contributed by atoms with Crippen molar-refractivity contribution < 1.29 is 4.74 Å². The van der Waals surface area contributed by atoms with Gasteiger partial charge in [-0.1, -0.05) is 0 Å². The molecule has 4 heteroatoms. The van der Waals surface area contributed by atoms with Crippen LogP contribution in [0.3, 0.4) is 0 Å². The van der Waals surface area contributed by atoms with E-state index in [4.69, 9.17) is 4.74 Å². The predicted molar refractivity (Wildman–Crippen MR) is 93.9 cm³/mol. The summed E-state index contributed by atoms with van der Waals surface area (Å²) in [5.41, 5.74) is 1.22. The van der Waals surface area contributed by atoms with Crippen molar-refractivity contribution in [2.45, 2.75) is 9.36 Å². The topological polar surface area (TPSA) is 21.6 Å². The Hall–Kier alpha value is -0.950. The van der Waals surface area contributed by atoms with Crippen molar-refractivity contribution in [1.82, 2.24) is 0 Å². The molecule has 0 radical (unpaired) electrons. The van der Waals surface area contributed by atoms with Gasteiger partial charge in [0.1, 0.15) is 0 Å². The molecule has 0 unspecified atom stereocenters. The van der Waals surface area contributed by atoms with Crippen LogP contribution >= 0.6 is 11.8 Å². The van der Waals surface area contributed by atoms with E-state index in [0.29, 0.717) is 0 Å². The number of ether oxygens (including phenoxy) is 1. The zero-order chi connectivity index (χ0) is 14.9. The zero-order valence-electron chi connectivity index (χ0n) is 12.3. The van der Waals surface area contributed by atoms with Crippen LogP contribution in [0, 0.1) is 0 Å². The van der Waals surface area contributed by atoms with Gasteiger partial charge in [-0.25, -0.2) is 0 Å². The van der Waals surface area contributed by atoms with Gasteiger partial charge in [0.25, 0.3) is 0 Å². The molecule has 0 atom stereocenters. The Labute approximate surface area is 141 Å². The van der Waals surface area contributed by atoms with E-state index >= 15 is 0 Å². The van der Waals surface area contributed by atoms with Crippen LogP contribution in [0.2, 0.25) is 4.47 Å². The number of rotatable bonds is 7. The molecule has 110 valence electrons. The molecule has 2 aromatic rings. The molecule has 0 amide bonds. The SMILES string of the molecule is COc1ccc([Te]CCN=Cc2ccccc2SC)cc1. The van der Waals surface area contributed by atoms with Crippen LogP contribution in [0.4, 0.5) is 0 Å². The second-order valence-electron chi connectivity index (χ2n) is 4.30. The maximum absolute atomic E-state index is 5.17. The normalized spacial score (nSPS) is 11.0. The Morgan fingerprint density at radius 1 is 1.14 bits per heavy atom. The molecule has 0 aliphatic carbocycles. The van der Waals surface area contributed by atoms with Crippen molar-refractivity contribution in [3.8, 4) is 5.75 Å². The van der Waals surface area contributed by atoms with Crippen LogP contribution in [0.1, 0.15) is 5.56 Å². The van der Waals surface area contributed by atoms with Crippen LogP contribution in [-0.2, 0) is 0 Å². The number of thioether (sulfide) groups is 1. The monoisotopic (exact) mass is 415 g/mol. The van der Waals surface area contributed by atoms with E-state index in [1.54, 1.807) is 18.9 Å². The Morgan fingerprint density at radius 3 is 2.62 bits per heavy atom. The predicted octanol–water partition coefficient (Wildman–Crippen LogP) is 3.28.